The van der Waals surface area contributed by atoms with Crippen LogP contribution in [0.2, 0.25) is 0 Å². The van der Waals surface area contributed by atoms with E-state index < -0.39 is 0 Å². The number of aromatic nitrogens is 2. The van der Waals surface area contributed by atoms with Gasteiger partial charge in [0.1, 0.15) is 5.82 Å². The van der Waals surface area contributed by atoms with E-state index in [0.29, 0.717) is 11.9 Å². The molecule has 2 aromatic rings. The van der Waals surface area contributed by atoms with Crippen molar-refractivity contribution in [1.82, 2.24) is 9.55 Å². The molecule has 1 aliphatic rings. The summed E-state index contributed by atoms with van der Waals surface area (Å²) in [6, 6.07) is 6.86. The van der Waals surface area contributed by atoms with Gasteiger partial charge in [-0.2, -0.15) is 0 Å². The lowest BCUT2D eigenvalue weighted by molar-refractivity contribution is 0.606. The first-order valence-corrected chi connectivity index (χ1v) is 7.79. The summed E-state index contributed by atoms with van der Waals surface area (Å²) in [7, 11) is 0. The fraction of sp³-hybridized carbons (Fsp3) is 0.500. The van der Waals surface area contributed by atoms with E-state index in [4.69, 9.17) is 11.6 Å². The number of hydrogen-bond donors (Lipinski definition) is 0. The van der Waals surface area contributed by atoms with E-state index in [1.54, 1.807) is 0 Å². The van der Waals surface area contributed by atoms with Crippen LogP contribution in [0, 0.1) is 5.92 Å². The number of hydrogen-bond acceptors (Lipinski definition) is 1. The number of benzene rings is 1. The number of rotatable bonds is 4. The Morgan fingerprint density at radius 2 is 2.33 bits per heavy atom. The Kier molecular flexibility index (Phi) is 3.37. The molecule has 1 saturated carbocycles. The molecule has 2 atom stereocenters. The molecule has 18 heavy (non-hydrogen) atoms. The van der Waals surface area contributed by atoms with Crippen LogP contribution in [0.5, 0.6) is 0 Å². The van der Waals surface area contributed by atoms with Crippen LogP contribution in [-0.2, 0) is 5.88 Å². The third kappa shape index (κ3) is 2.08. The lowest BCUT2D eigenvalue weighted by Crippen LogP contribution is -2.01. The van der Waals surface area contributed by atoms with Gasteiger partial charge in [0.05, 0.1) is 16.9 Å². The van der Waals surface area contributed by atoms with Crippen molar-refractivity contribution in [2.75, 3.05) is 0 Å². The maximum absolute atomic E-state index is 6.04. The van der Waals surface area contributed by atoms with Gasteiger partial charge < -0.3 is 4.57 Å². The summed E-state index contributed by atoms with van der Waals surface area (Å²) in [6.07, 6.45) is 3.84. The van der Waals surface area contributed by atoms with Crippen molar-refractivity contribution < 1.29 is 0 Å². The van der Waals surface area contributed by atoms with Crippen molar-refractivity contribution in [1.29, 1.82) is 0 Å². The van der Waals surface area contributed by atoms with Gasteiger partial charge in [-0.1, -0.05) is 29.3 Å². The summed E-state index contributed by atoms with van der Waals surface area (Å²) in [5, 5.41) is 0. The average Bonchev–Trinajstić information content (AvgIpc) is 3.01. The molecular formula is C14H16BrClN2. The Morgan fingerprint density at radius 1 is 1.50 bits per heavy atom. The van der Waals surface area contributed by atoms with Crippen LogP contribution in [0.4, 0.5) is 0 Å². The second kappa shape index (κ2) is 4.86. The average molecular weight is 328 g/mol. The third-order valence-corrected chi connectivity index (χ3v) is 4.45. The molecule has 0 spiro atoms. The van der Waals surface area contributed by atoms with Crippen LogP contribution in [-0.4, -0.2) is 9.55 Å². The minimum atomic E-state index is 0.488. The summed E-state index contributed by atoms with van der Waals surface area (Å²) in [5.74, 6) is 2.31. The number of fused-ring (bicyclic) bond motifs is 1. The van der Waals surface area contributed by atoms with Gasteiger partial charge in [0.15, 0.2) is 0 Å². The van der Waals surface area contributed by atoms with Gasteiger partial charge >= 0.3 is 0 Å². The molecule has 0 radical (unpaired) electrons. The fourth-order valence-electron chi connectivity index (χ4n) is 2.81. The van der Waals surface area contributed by atoms with E-state index in [2.05, 4.69) is 44.5 Å². The van der Waals surface area contributed by atoms with Crippen LogP contribution >= 0.6 is 27.5 Å². The lowest BCUT2D eigenvalue weighted by Gasteiger charge is -2.07. The number of nitrogens with zero attached hydrogens (tertiary/aromatic N) is 2. The summed E-state index contributed by atoms with van der Waals surface area (Å²) in [4.78, 5) is 4.64. The van der Waals surface area contributed by atoms with Gasteiger partial charge in [-0.15, -0.1) is 11.6 Å². The quantitative estimate of drug-likeness (QED) is 0.730. The SMILES string of the molecule is CCCC1CC1n1c(CCl)nc2ccc(Br)cc21. The molecule has 1 aromatic heterocycles. The Labute approximate surface area is 120 Å². The van der Waals surface area contributed by atoms with E-state index >= 15 is 0 Å². The van der Waals surface area contributed by atoms with E-state index in [1.807, 2.05) is 6.07 Å². The topological polar surface area (TPSA) is 17.8 Å². The number of imidazole rings is 1. The molecule has 4 heteroatoms. The second-order valence-corrected chi connectivity index (χ2v) is 6.20. The Morgan fingerprint density at radius 3 is 3.06 bits per heavy atom. The minimum absolute atomic E-state index is 0.488. The van der Waals surface area contributed by atoms with Crippen molar-refractivity contribution in [2.45, 2.75) is 38.1 Å². The van der Waals surface area contributed by atoms with E-state index in [-0.39, 0.29) is 0 Å². The zero-order valence-electron chi connectivity index (χ0n) is 10.4. The molecule has 2 unspecified atom stereocenters. The van der Waals surface area contributed by atoms with Crippen molar-refractivity contribution in [3.8, 4) is 0 Å². The Bertz CT molecular complexity index is 578. The smallest absolute Gasteiger partial charge is 0.125 e. The number of alkyl halides is 1. The summed E-state index contributed by atoms with van der Waals surface area (Å²) in [5.41, 5.74) is 2.26. The molecule has 1 heterocycles. The van der Waals surface area contributed by atoms with Crippen LogP contribution in [0.3, 0.4) is 0 Å². The Balaban J connectivity index is 2.06. The van der Waals surface area contributed by atoms with Crippen molar-refractivity contribution in [3.63, 3.8) is 0 Å². The van der Waals surface area contributed by atoms with Crippen LogP contribution < -0.4 is 0 Å². The third-order valence-electron chi connectivity index (χ3n) is 3.72. The zero-order valence-corrected chi connectivity index (χ0v) is 12.7. The second-order valence-electron chi connectivity index (χ2n) is 5.02. The monoisotopic (exact) mass is 326 g/mol. The molecule has 2 nitrogen and oxygen atoms in total. The standard InChI is InChI=1S/C14H16BrClN2/c1-2-3-9-6-12(9)18-13-7-10(15)4-5-11(13)17-14(18)8-16/h4-5,7,9,12H,2-3,6,8H2,1H3. The summed E-state index contributed by atoms with van der Waals surface area (Å²) < 4.78 is 3.46. The molecule has 0 amide bonds. The van der Waals surface area contributed by atoms with Crippen molar-refractivity contribution in [3.05, 3.63) is 28.5 Å². The first kappa shape index (κ1) is 12.5. The maximum Gasteiger partial charge on any atom is 0.125 e. The fourth-order valence-corrected chi connectivity index (χ4v) is 3.35. The summed E-state index contributed by atoms with van der Waals surface area (Å²) >= 11 is 9.58. The summed E-state index contributed by atoms with van der Waals surface area (Å²) in [6.45, 7) is 2.25. The highest BCUT2D eigenvalue weighted by molar-refractivity contribution is 9.10. The predicted molar refractivity (Wildman–Crippen MR) is 79.0 cm³/mol. The maximum atomic E-state index is 6.04. The highest BCUT2D eigenvalue weighted by atomic mass is 79.9. The number of halogens is 2. The predicted octanol–water partition coefficient (Wildman–Crippen LogP) is 4.90. The molecule has 0 N–H and O–H groups in total. The first-order valence-electron chi connectivity index (χ1n) is 6.47. The lowest BCUT2D eigenvalue weighted by atomic mass is 10.2. The molecule has 1 fully saturated rings. The van der Waals surface area contributed by atoms with Crippen LogP contribution in [0.25, 0.3) is 11.0 Å². The van der Waals surface area contributed by atoms with E-state index in [0.717, 1.165) is 21.7 Å². The zero-order chi connectivity index (χ0) is 12.7. The normalized spacial score (nSPS) is 22.6. The molecule has 3 rings (SSSR count). The van der Waals surface area contributed by atoms with Gasteiger partial charge in [0, 0.05) is 10.5 Å². The van der Waals surface area contributed by atoms with Gasteiger partial charge in [-0.25, -0.2) is 4.98 Å². The molecule has 0 saturated heterocycles. The van der Waals surface area contributed by atoms with Crippen LogP contribution in [0.15, 0.2) is 22.7 Å². The molecule has 1 aliphatic carbocycles. The molecule has 1 aromatic carbocycles. The van der Waals surface area contributed by atoms with Crippen molar-refractivity contribution in [2.24, 2.45) is 5.92 Å². The first-order chi connectivity index (χ1) is 8.74. The molecule has 0 bridgehead atoms. The van der Waals surface area contributed by atoms with Gasteiger partial charge in [-0.3, -0.25) is 0 Å². The highest BCUT2D eigenvalue weighted by Gasteiger charge is 2.39. The van der Waals surface area contributed by atoms with Gasteiger partial charge in [0.2, 0.25) is 0 Å². The van der Waals surface area contributed by atoms with Crippen molar-refractivity contribution >= 4 is 38.6 Å². The Hall–Kier alpha value is -0.540. The molecule has 0 aliphatic heterocycles. The molecular weight excluding hydrogens is 312 g/mol. The van der Waals surface area contributed by atoms with Gasteiger partial charge in [-0.05, 0) is 37.0 Å². The highest BCUT2D eigenvalue weighted by Crippen LogP contribution is 2.48. The minimum Gasteiger partial charge on any atom is -0.324 e. The largest absolute Gasteiger partial charge is 0.324 e. The van der Waals surface area contributed by atoms with Crippen LogP contribution in [0.1, 0.15) is 38.1 Å². The molecule has 96 valence electrons. The van der Waals surface area contributed by atoms with E-state index in [9.17, 15) is 0 Å². The van der Waals surface area contributed by atoms with E-state index in [1.165, 1.54) is 24.8 Å². The van der Waals surface area contributed by atoms with Gasteiger partial charge in [0.25, 0.3) is 0 Å².